The van der Waals surface area contributed by atoms with Gasteiger partial charge in [0.05, 0.1) is 17.9 Å². The van der Waals surface area contributed by atoms with Crippen molar-refractivity contribution in [1.82, 2.24) is 4.90 Å². The van der Waals surface area contributed by atoms with Gasteiger partial charge in [-0.2, -0.15) is 0 Å². The Labute approximate surface area is 145 Å². The third kappa shape index (κ3) is 4.01. The molecule has 8 heteroatoms. The molecule has 3 rings (SSSR count). The second-order valence-electron chi connectivity index (χ2n) is 5.84. The number of amides is 2. The zero-order valence-electron chi connectivity index (χ0n) is 13.9. The van der Waals surface area contributed by atoms with Crippen LogP contribution in [0.1, 0.15) is 30.1 Å². The zero-order valence-corrected chi connectivity index (χ0v) is 13.9. The number of carbonyl (C=O) groups is 3. The molecule has 2 aliphatic heterocycles. The van der Waals surface area contributed by atoms with Crippen molar-refractivity contribution in [1.29, 1.82) is 0 Å². The van der Waals surface area contributed by atoms with E-state index < -0.39 is 5.97 Å². The van der Waals surface area contributed by atoms with E-state index in [1.165, 1.54) is 0 Å². The van der Waals surface area contributed by atoms with E-state index in [0.717, 1.165) is 0 Å². The van der Waals surface area contributed by atoms with Gasteiger partial charge in [-0.3, -0.25) is 4.79 Å². The summed E-state index contributed by atoms with van der Waals surface area (Å²) in [5.41, 5.74) is 0.806. The number of nitrogens with zero attached hydrogens (tertiary/aromatic N) is 1. The highest BCUT2D eigenvalue weighted by molar-refractivity contribution is 5.98. The van der Waals surface area contributed by atoms with Crippen LogP contribution in [-0.2, 0) is 14.3 Å². The second kappa shape index (κ2) is 7.42. The molecule has 25 heavy (non-hydrogen) atoms. The van der Waals surface area contributed by atoms with E-state index in [4.69, 9.17) is 14.2 Å². The first-order valence-electron chi connectivity index (χ1n) is 8.26. The summed E-state index contributed by atoms with van der Waals surface area (Å²) in [5.74, 6) is -0.194. The van der Waals surface area contributed by atoms with Gasteiger partial charge in [-0.1, -0.05) is 0 Å². The van der Waals surface area contributed by atoms with Crippen LogP contribution >= 0.6 is 0 Å². The van der Waals surface area contributed by atoms with Gasteiger partial charge in [0.25, 0.3) is 5.91 Å². The predicted molar refractivity (Wildman–Crippen MR) is 87.6 cm³/mol. The highest BCUT2D eigenvalue weighted by Gasteiger charge is 2.27. The SMILES string of the molecule is CCOC(=O)N1CCC(OC(=O)c2ccc3c(c2)NC(=O)CO3)CC1. The molecule has 0 bridgehead atoms. The summed E-state index contributed by atoms with van der Waals surface area (Å²) in [6, 6.07) is 4.78. The average molecular weight is 348 g/mol. The van der Waals surface area contributed by atoms with E-state index in [0.29, 0.717) is 49.5 Å². The summed E-state index contributed by atoms with van der Waals surface area (Å²) in [7, 11) is 0. The van der Waals surface area contributed by atoms with Crippen LogP contribution in [0.4, 0.5) is 10.5 Å². The Morgan fingerprint density at radius 2 is 2.08 bits per heavy atom. The molecule has 134 valence electrons. The van der Waals surface area contributed by atoms with Crippen LogP contribution in [0.3, 0.4) is 0 Å². The molecule has 0 unspecified atom stereocenters. The van der Waals surface area contributed by atoms with Gasteiger partial charge in [-0.15, -0.1) is 0 Å². The molecule has 1 aromatic carbocycles. The zero-order chi connectivity index (χ0) is 17.8. The highest BCUT2D eigenvalue weighted by Crippen LogP contribution is 2.29. The molecule has 0 spiro atoms. The maximum Gasteiger partial charge on any atom is 0.409 e. The van der Waals surface area contributed by atoms with Crippen LogP contribution in [0.15, 0.2) is 18.2 Å². The fourth-order valence-electron chi connectivity index (χ4n) is 2.80. The molecule has 0 radical (unpaired) electrons. The molecule has 1 N–H and O–H groups in total. The van der Waals surface area contributed by atoms with Gasteiger partial charge in [0.1, 0.15) is 11.9 Å². The van der Waals surface area contributed by atoms with Crippen molar-refractivity contribution in [3.8, 4) is 5.75 Å². The maximum atomic E-state index is 12.3. The fraction of sp³-hybridized carbons (Fsp3) is 0.471. The van der Waals surface area contributed by atoms with E-state index in [-0.39, 0.29) is 24.7 Å². The van der Waals surface area contributed by atoms with E-state index >= 15 is 0 Å². The lowest BCUT2D eigenvalue weighted by molar-refractivity contribution is -0.118. The van der Waals surface area contributed by atoms with Crippen LogP contribution in [-0.4, -0.2) is 55.3 Å². The monoisotopic (exact) mass is 348 g/mol. The van der Waals surface area contributed by atoms with Crippen LogP contribution < -0.4 is 10.1 Å². The van der Waals surface area contributed by atoms with Gasteiger partial charge in [0.2, 0.25) is 0 Å². The molecule has 0 atom stereocenters. The lowest BCUT2D eigenvalue weighted by Gasteiger charge is -2.30. The number of esters is 1. The first-order valence-corrected chi connectivity index (χ1v) is 8.26. The third-order valence-corrected chi connectivity index (χ3v) is 4.09. The smallest absolute Gasteiger partial charge is 0.409 e. The molecule has 0 aliphatic carbocycles. The van der Waals surface area contributed by atoms with Crippen molar-refractivity contribution in [2.24, 2.45) is 0 Å². The van der Waals surface area contributed by atoms with Gasteiger partial charge < -0.3 is 24.4 Å². The largest absolute Gasteiger partial charge is 0.482 e. The number of hydrogen-bond acceptors (Lipinski definition) is 6. The van der Waals surface area contributed by atoms with E-state index in [9.17, 15) is 14.4 Å². The Hall–Kier alpha value is -2.77. The number of ether oxygens (including phenoxy) is 3. The molecule has 1 aromatic rings. The second-order valence-corrected chi connectivity index (χ2v) is 5.84. The van der Waals surface area contributed by atoms with Gasteiger partial charge in [-0.25, -0.2) is 9.59 Å². The Balaban J connectivity index is 1.56. The summed E-state index contributed by atoms with van der Waals surface area (Å²) < 4.78 is 15.7. The maximum absolute atomic E-state index is 12.3. The topological polar surface area (TPSA) is 94.2 Å². The predicted octanol–water partition coefficient (Wildman–Crippen LogP) is 1.80. The molecule has 0 saturated carbocycles. The van der Waals surface area contributed by atoms with Crippen molar-refractivity contribution in [2.45, 2.75) is 25.9 Å². The lowest BCUT2D eigenvalue weighted by atomic mass is 10.1. The molecule has 2 heterocycles. The Morgan fingerprint density at radius 3 is 2.80 bits per heavy atom. The normalized spacial score (nSPS) is 17.2. The van der Waals surface area contributed by atoms with Crippen molar-refractivity contribution in [3.05, 3.63) is 23.8 Å². The molecule has 2 amide bonds. The number of fused-ring (bicyclic) bond motifs is 1. The summed E-state index contributed by atoms with van der Waals surface area (Å²) in [5, 5.41) is 2.66. The van der Waals surface area contributed by atoms with Crippen LogP contribution in [0.25, 0.3) is 0 Å². The quantitative estimate of drug-likeness (QED) is 0.837. The Morgan fingerprint density at radius 1 is 1.32 bits per heavy atom. The summed E-state index contributed by atoms with van der Waals surface area (Å²) in [4.78, 5) is 37.0. The fourth-order valence-corrected chi connectivity index (χ4v) is 2.80. The Bertz CT molecular complexity index is 682. The molecular weight excluding hydrogens is 328 g/mol. The van der Waals surface area contributed by atoms with Crippen molar-refractivity contribution >= 4 is 23.7 Å². The number of benzene rings is 1. The van der Waals surface area contributed by atoms with E-state index in [2.05, 4.69) is 5.32 Å². The molecule has 0 aromatic heterocycles. The van der Waals surface area contributed by atoms with Crippen LogP contribution in [0.5, 0.6) is 5.75 Å². The minimum Gasteiger partial charge on any atom is -0.482 e. The summed E-state index contributed by atoms with van der Waals surface area (Å²) in [6.07, 6.45) is 0.544. The first-order chi connectivity index (χ1) is 12.1. The number of likely N-dealkylation sites (tertiary alicyclic amines) is 1. The van der Waals surface area contributed by atoms with Gasteiger partial charge in [-0.05, 0) is 25.1 Å². The lowest BCUT2D eigenvalue weighted by Crippen LogP contribution is -2.41. The van der Waals surface area contributed by atoms with Crippen LogP contribution in [0, 0.1) is 0 Å². The molecule has 1 fully saturated rings. The number of nitrogens with one attached hydrogen (secondary N) is 1. The molecule has 1 saturated heterocycles. The number of hydrogen-bond donors (Lipinski definition) is 1. The van der Waals surface area contributed by atoms with E-state index in [1.807, 2.05) is 0 Å². The molecular formula is C17H20N2O6. The standard InChI is InChI=1S/C17H20N2O6/c1-2-23-17(22)19-7-5-12(6-8-19)25-16(21)11-3-4-14-13(9-11)18-15(20)10-24-14/h3-4,9,12H,2,5-8,10H2,1H3,(H,18,20). The first kappa shape index (κ1) is 17.1. The Kier molecular flexibility index (Phi) is 5.06. The highest BCUT2D eigenvalue weighted by atomic mass is 16.6. The van der Waals surface area contributed by atoms with Crippen LogP contribution in [0.2, 0.25) is 0 Å². The third-order valence-electron chi connectivity index (χ3n) is 4.09. The number of piperidine rings is 1. The molecule has 8 nitrogen and oxygen atoms in total. The van der Waals surface area contributed by atoms with Gasteiger partial charge in [0.15, 0.2) is 6.61 Å². The summed E-state index contributed by atoms with van der Waals surface area (Å²) >= 11 is 0. The van der Waals surface area contributed by atoms with Gasteiger partial charge >= 0.3 is 12.1 Å². The molecule has 2 aliphatic rings. The minimum atomic E-state index is -0.461. The van der Waals surface area contributed by atoms with E-state index in [1.54, 1.807) is 30.0 Å². The van der Waals surface area contributed by atoms with Gasteiger partial charge in [0, 0.05) is 25.9 Å². The van der Waals surface area contributed by atoms with Crippen molar-refractivity contribution in [3.63, 3.8) is 0 Å². The minimum absolute atomic E-state index is 0.0319. The average Bonchev–Trinajstić information content (AvgIpc) is 2.61. The number of rotatable bonds is 3. The van der Waals surface area contributed by atoms with Crippen molar-refractivity contribution in [2.75, 3.05) is 31.6 Å². The van der Waals surface area contributed by atoms with Crippen molar-refractivity contribution < 1.29 is 28.6 Å². The number of carbonyl (C=O) groups excluding carboxylic acids is 3. The number of anilines is 1. The summed E-state index contributed by atoms with van der Waals surface area (Å²) in [6.45, 7) is 3.05.